The monoisotopic (exact) mass is 333 g/mol. The van der Waals surface area contributed by atoms with E-state index in [9.17, 15) is 13.2 Å². The van der Waals surface area contributed by atoms with Gasteiger partial charge in [-0.05, 0) is 35.9 Å². The zero-order valence-electron chi connectivity index (χ0n) is 11.8. The van der Waals surface area contributed by atoms with Gasteiger partial charge in [-0.25, -0.2) is 0 Å². The summed E-state index contributed by atoms with van der Waals surface area (Å²) in [4.78, 5) is 4.33. The van der Waals surface area contributed by atoms with E-state index in [2.05, 4.69) is 4.98 Å². The highest BCUT2D eigenvalue weighted by Gasteiger charge is 2.30. The minimum absolute atomic E-state index is 0.619. The third-order valence-electron chi connectivity index (χ3n) is 3.45. The normalized spacial score (nSPS) is 11.5. The molecule has 0 spiro atoms. The van der Waals surface area contributed by atoms with Gasteiger partial charge in [0.15, 0.2) is 0 Å². The molecule has 3 aromatic rings. The number of halogens is 4. The van der Waals surface area contributed by atoms with Crippen LogP contribution in [0.5, 0.6) is 0 Å². The van der Waals surface area contributed by atoms with Crippen LogP contribution in [0.1, 0.15) is 5.56 Å². The Morgan fingerprint density at radius 3 is 2.00 bits per heavy atom. The lowest BCUT2D eigenvalue weighted by Crippen LogP contribution is -2.04. The van der Waals surface area contributed by atoms with Crippen molar-refractivity contribution < 1.29 is 13.2 Å². The molecule has 2 aromatic carbocycles. The summed E-state index contributed by atoms with van der Waals surface area (Å²) in [7, 11) is 0. The molecule has 0 saturated heterocycles. The zero-order chi connectivity index (χ0) is 16.4. The summed E-state index contributed by atoms with van der Waals surface area (Å²) in [5.41, 5.74) is 2.32. The average Bonchev–Trinajstić information content (AvgIpc) is 2.55. The maximum absolute atomic E-state index is 12.7. The summed E-state index contributed by atoms with van der Waals surface area (Å²) in [6.45, 7) is 0. The number of hydrogen-bond donors (Lipinski definition) is 0. The van der Waals surface area contributed by atoms with E-state index in [0.717, 1.165) is 23.3 Å². The molecule has 0 bridgehead atoms. The number of nitrogens with zero attached hydrogens (tertiary/aromatic N) is 1. The molecule has 1 nitrogen and oxygen atoms in total. The van der Waals surface area contributed by atoms with Gasteiger partial charge < -0.3 is 0 Å². The van der Waals surface area contributed by atoms with Crippen molar-refractivity contribution in [3.63, 3.8) is 0 Å². The Hall–Kier alpha value is -2.33. The third-order valence-corrected chi connectivity index (χ3v) is 3.70. The number of rotatable bonds is 2. The first-order valence-electron chi connectivity index (χ1n) is 6.84. The molecule has 0 unspecified atom stereocenters. The maximum Gasteiger partial charge on any atom is 0.416 e. The Morgan fingerprint density at radius 2 is 1.39 bits per heavy atom. The second-order valence-electron chi connectivity index (χ2n) is 4.98. The standard InChI is InChI=1S/C18H11ClF3N/c19-15-9-5-12(6-10-15)16-2-1-11-23-17(16)13-3-7-14(8-4-13)18(20,21)22/h1-11H. The van der Waals surface area contributed by atoms with Crippen molar-refractivity contribution >= 4 is 11.6 Å². The summed E-state index contributed by atoms with van der Waals surface area (Å²) in [5.74, 6) is 0. The largest absolute Gasteiger partial charge is 0.416 e. The molecular weight excluding hydrogens is 323 g/mol. The molecule has 23 heavy (non-hydrogen) atoms. The Bertz CT molecular complexity index is 809. The fourth-order valence-corrected chi connectivity index (χ4v) is 2.44. The number of aromatic nitrogens is 1. The van der Waals surface area contributed by atoms with E-state index in [0.29, 0.717) is 16.3 Å². The van der Waals surface area contributed by atoms with E-state index in [1.54, 1.807) is 24.4 Å². The molecule has 0 aliphatic heterocycles. The Labute approximate surface area is 136 Å². The molecule has 3 rings (SSSR count). The van der Waals surface area contributed by atoms with E-state index in [1.165, 1.54) is 12.1 Å². The van der Waals surface area contributed by atoms with Crippen molar-refractivity contribution in [2.45, 2.75) is 6.18 Å². The van der Waals surface area contributed by atoms with Crippen LogP contribution < -0.4 is 0 Å². The minimum Gasteiger partial charge on any atom is -0.256 e. The number of alkyl halides is 3. The van der Waals surface area contributed by atoms with Gasteiger partial charge in [0.2, 0.25) is 0 Å². The predicted molar refractivity (Wildman–Crippen MR) is 85.1 cm³/mol. The SMILES string of the molecule is FC(F)(F)c1ccc(-c2ncccc2-c2ccc(Cl)cc2)cc1. The van der Waals surface area contributed by atoms with Crippen molar-refractivity contribution in [3.8, 4) is 22.4 Å². The van der Waals surface area contributed by atoms with Gasteiger partial charge in [-0.3, -0.25) is 4.98 Å². The quantitative estimate of drug-likeness (QED) is 0.553. The summed E-state index contributed by atoms with van der Waals surface area (Å²) in [6.07, 6.45) is -2.73. The number of pyridine rings is 1. The molecule has 5 heteroatoms. The van der Waals surface area contributed by atoms with Crippen LogP contribution in [0.2, 0.25) is 5.02 Å². The molecule has 0 aliphatic carbocycles. The molecule has 0 radical (unpaired) electrons. The second-order valence-corrected chi connectivity index (χ2v) is 5.42. The van der Waals surface area contributed by atoms with Crippen LogP contribution in [0.4, 0.5) is 13.2 Å². The molecule has 0 aliphatic rings. The number of hydrogen-bond acceptors (Lipinski definition) is 1. The molecule has 0 atom stereocenters. The predicted octanol–water partition coefficient (Wildman–Crippen LogP) is 6.09. The number of benzene rings is 2. The van der Waals surface area contributed by atoms with Gasteiger partial charge in [-0.15, -0.1) is 0 Å². The van der Waals surface area contributed by atoms with Crippen molar-refractivity contribution in [1.82, 2.24) is 4.98 Å². The molecule has 116 valence electrons. The Kier molecular flexibility index (Phi) is 4.09. The second kappa shape index (κ2) is 6.05. The topological polar surface area (TPSA) is 12.9 Å². The van der Waals surface area contributed by atoms with Gasteiger partial charge in [-0.1, -0.05) is 41.9 Å². The fourth-order valence-electron chi connectivity index (χ4n) is 2.31. The highest BCUT2D eigenvalue weighted by molar-refractivity contribution is 6.30. The highest BCUT2D eigenvalue weighted by Crippen LogP contribution is 2.34. The van der Waals surface area contributed by atoms with E-state index >= 15 is 0 Å². The van der Waals surface area contributed by atoms with Crippen LogP contribution in [0.3, 0.4) is 0 Å². The third kappa shape index (κ3) is 3.37. The van der Waals surface area contributed by atoms with E-state index in [4.69, 9.17) is 11.6 Å². The van der Waals surface area contributed by atoms with E-state index < -0.39 is 11.7 Å². The lowest BCUT2D eigenvalue weighted by molar-refractivity contribution is -0.137. The fraction of sp³-hybridized carbons (Fsp3) is 0.0556. The first kappa shape index (κ1) is 15.6. The molecule has 1 heterocycles. The van der Waals surface area contributed by atoms with Gasteiger partial charge in [0.05, 0.1) is 11.3 Å². The smallest absolute Gasteiger partial charge is 0.256 e. The van der Waals surface area contributed by atoms with Crippen LogP contribution in [-0.4, -0.2) is 4.98 Å². The molecule has 0 amide bonds. The van der Waals surface area contributed by atoms with E-state index in [-0.39, 0.29) is 0 Å². The first-order valence-corrected chi connectivity index (χ1v) is 7.21. The molecule has 1 aromatic heterocycles. The first-order chi connectivity index (χ1) is 10.9. The Morgan fingerprint density at radius 1 is 0.783 bits per heavy atom. The average molecular weight is 334 g/mol. The molecular formula is C18H11ClF3N. The van der Waals surface area contributed by atoms with Gasteiger partial charge >= 0.3 is 6.18 Å². The summed E-state index contributed by atoms with van der Waals surface area (Å²) in [5, 5.41) is 0.619. The van der Waals surface area contributed by atoms with Gasteiger partial charge in [0.25, 0.3) is 0 Å². The Balaban J connectivity index is 2.05. The van der Waals surface area contributed by atoms with Crippen molar-refractivity contribution in [2.75, 3.05) is 0 Å². The van der Waals surface area contributed by atoms with E-state index in [1.807, 2.05) is 18.2 Å². The van der Waals surface area contributed by atoms with Gasteiger partial charge in [0, 0.05) is 22.3 Å². The molecule has 0 N–H and O–H groups in total. The lowest BCUT2D eigenvalue weighted by Gasteiger charge is -2.11. The molecule has 0 fully saturated rings. The van der Waals surface area contributed by atoms with Crippen LogP contribution >= 0.6 is 11.6 Å². The van der Waals surface area contributed by atoms with Crippen LogP contribution in [0, 0.1) is 0 Å². The van der Waals surface area contributed by atoms with Crippen molar-refractivity contribution in [2.24, 2.45) is 0 Å². The van der Waals surface area contributed by atoms with Gasteiger partial charge in [-0.2, -0.15) is 13.2 Å². The highest BCUT2D eigenvalue weighted by atomic mass is 35.5. The minimum atomic E-state index is -4.35. The van der Waals surface area contributed by atoms with Crippen LogP contribution in [0.15, 0.2) is 66.9 Å². The summed E-state index contributed by atoms with van der Waals surface area (Å²) >= 11 is 5.89. The maximum atomic E-state index is 12.7. The summed E-state index contributed by atoms with van der Waals surface area (Å²) < 4.78 is 38.0. The summed E-state index contributed by atoms with van der Waals surface area (Å²) in [6, 6.07) is 15.9. The molecule has 0 saturated carbocycles. The van der Waals surface area contributed by atoms with Gasteiger partial charge in [0.1, 0.15) is 0 Å². The van der Waals surface area contributed by atoms with Crippen LogP contribution in [0.25, 0.3) is 22.4 Å². The zero-order valence-corrected chi connectivity index (χ0v) is 12.6. The lowest BCUT2D eigenvalue weighted by atomic mass is 9.99. The van der Waals surface area contributed by atoms with Crippen molar-refractivity contribution in [1.29, 1.82) is 0 Å². The van der Waals surface area contributed by atoms with Crippen molar-refractivity contribution in [3.05, 3.63) is 77.4 Å². The van der Waals surface area contributed by atoms with Crippen LogP contribution in [-0.2, 0) is 6.18 Å².